The van der Waals surface area contributed by atoms with E-state index in [0.29, 0.717) is 17.7 Å². The molecule has 2 aromatic rings. The van der Waals surface area contributed by atoms with E-state index in [4.69, 9.17) is 0 Å². The lowest BCUT2D eigenvalue weighted by molar-refractivity contribution is -0.133. The van der Waals surface area contributed by atoms with Gasteiger partial charge in [-0.3, -0.25) is 9.89 Å². The van der Waals surface area contributed by atoms with Crippen molar-refractivity contribution in [3.05, 3.63) is 39.8 Å². The molecule has 0 radical (unpaired) electrons. The number of nitrogens with zero attached hydrogens (tertiary/aromatic N) is 2. The van der Waals surface area contributed by atoms with Crippen LogP contribution in [-0.4, -0.2) is 34.1 Å². The summed E-state index contributed by atoms with van der Waals surface area (Å²) in [5.41, 5.74) is 1.17. The van der Waals surface area contributed by atoms with E-state index in [9.17, 15) is 4.79 Å². The van der Waals surface area contributed by atoms with Crippen molar-refractivity contribution in [2.45, 2.75) is 38.0 Å². The minimum atomic E-state index is 0.221. The Balaban J connectivity index is 1.41. The second-order valence-electron chi connectivity index (χ2n) is 6.53. The van der Waals surface area contributed by atoms with Crippen molar-refractivity contribution in [1.29, 1.82) is 0 Å². The molecule has 4 nitrogen and oxygen atoms in total. The molecule has 0 aromatic carbocycles. The number of H-pyrrole nitrogens is 1. The second-order valence-corrected chi connectivity index (χ2v) is 7.85. The van der Waals surface area contributed by atoms with E-state index < -0.39 is 0 Å². The van der Waals surface area contributed by atoms with Crippen molar-refractivity contribution >= 4 is 17.2 Å². The summed E-state index contributed by atoms with van der Waals surface area (Å²) in [7, 11) is 0. The summed E-state index contributed by atoms with van der Waals surface area (Å²) in [6, 6.07) is 6.39. The largest absolute Gasteiger partial charge is 0.342 e. The minimum Gasteiger partial charge on any atom is -0.342 e. The van der Waals surface area contributed by atoms with Crippen LogP contribution in [0.3, 0.4) is 0 Å². The fraction of sp³-hybridized carbons (Fsp3) is 0.529. The molecule has 22 heavy (non-hydrogen) atoms. The van der Waals surface area contributed by atoms with Gasteiger partial charge in [0.2, 0.25) is 5.91 Å². The number of amides is 1. The lowest BCUT2D eigenvalue weighted by Gasteiger charge is -2.32. The molecule has 3 heterocycles. The summed E-state index contributed by atoms with van der Waals surface area (Å²) < 4.78 is 0. The first-order chi connectivity index (χ1) is 10.7. The molecule has 0 unspecified atom stereocenters. The molecule has 1 aliphatic carbocycles. The highest BCUT2D eigenvalue weighted by molar-refractivity contribution is 7.12. The normalized spacial score (nSPS) is 27.9. The Morgan fingerprint density at radius 1 is 1.41 bits per heavy atom. The van der Waals surface area contributed by atoms with Gasteiger partial charge in [-0.25, -0.2) is 0 Å². The molecular weight excluding hydrogens is 294 g/mol. The molecule has 0 spiro atoms. The SMILES string of the molecule is Cc1ccc([C@@H]2C[C@@H]2C(=O)N2CCC[C@H](c3ccn[nH]3)C2)s1. The third kappa shape index (κ3) is 2.58. The lowest BCUT2D eigenvalue weighted by Crippen LogP contribution is -2.40. The maximum atomic E-state index is 12.8. The topological polar surface area (TPSA) is 49.0 Å². The van der Waals surface area contributed by atoms with E-state index in [2.05, 4.69) is 34.2 Å². The molecular formula is C17H21N3OS. The van der Waals surface area contributed by atoms with Gasteiger partial charge < -0.3 is 4.90 Å². The Morgan fingerprint density at radius 2 is 2.32 bits per heavy atom. The predicted octanol–water partition coefficient (Wildman–Crippen LogP) is 3.29. The van der Waals surface area contributed by atoms with Gasteiger partial charge in [-0.2, -0.15) is 5.10 Å². The van der Waals surface area contributed by atoms with Crippen LogP contribution in [0, 0.1) is 12.8 Å². The monoisotopic (exact) mass is 315 g/mol. The Labute approximate surface area is 134 Å². The molecule has 2 aromatic heterocycles. The van der Waals surface area contributed by atoms with E-state index in [1.807, 2.05) is 17.4 Å². The van der Waals surface area contributed by atoms with Crippen LogP contribution in [0.2, 0.25) is 0 Å². The van der Waals surface area contributed by atoms with Gasteiger partial charge in [0.05, 0.1) is 0 Å². The minimum absolute atomic E-state index is 0.221. The Hall–Kier alpha value is -1.62. The highest BCUT2D eigenvalue weighted by atomic mass is 32.1. The van der Waals surface area contributed by atoms with Gasteiger partial charge in [0.25, 0.3) is 0 Å². The molecule has 1 N–H and O–H groups in total. The number of hydrogen-bond donors (Lipinski definition) is 1. The quantitative estimate of drug-likeness (QED) is 0.945. The third-order valence-electron chi connectivity index (χ3n) is 4.93. The summed E-state index contributed by atoms with van der Waals surface area (Å²) >= 11 is 1.84. The zero-order valence-electron chi connectivity index (χ0n) is 12.8. The van der Waals surface area contributed by atoms with Crippen LogP contribution < -0.4 is 0 Å². The van der Waals surface area contributed by atoms with Crippen molar-refractivity contribution < 1.29 is 4.79 Å². The van der Waals surface area contributed by atoms with Gasteiger partial charge in [0, 0.05) is 52.5 Å². The average Bonchev–Trinajstić information content (AvgIpc) is 2.95. The molecule has 1 saturated heterocycles. The highest BCUT2D eigenvalue weighted by Crippen LogP contribution is 2.50. The number of rotatable bonds is 3. The van der Waals surface area contributed by atoms with Crippen LogP contribution in [0.15, 0.2) is 24.4 Å². The van der Waals surface area contributed by atoms with Crippen LogP contribution in [0.5, 0.6) is 0 Å². The van der Waals surface area contributed by atoms with Crippen LogP contribution >= 0.6 is 11.3 Å². The summed E-state index contributed by atoms with van der Waals surface area (Å²) in [5, 5.41) is 7.10. The average molecular weight is 315 g/mol. The third-order valence-corrected chi connectivity index (χ3v) is 6.06. The number of piperidine rings is 1. The first-order valence-electron chi connectivity index (χ1n) is 8.07. The van der Waals surface area contributed by atoms with E-state index in [1.165, 1.54) is 15.4 Å². The molecule has 2 aliphatic rings. The predicted molar refractivity (Wildman–Crippen MR) is 87.0 cm³/mol. The van der Waals surface area contributed by atoms with Gasteiger partial charge >= 0.3 is 0 Å². The van der Waals surface area contributed by atoms with Gasteiger partial charge in [-0.1, -0.05) is 0 Å². The number of thiophene rings is 1. The number of aromatic amines is 1. The van der Waals surface area contributed by atoms with E-state index >= 15 is 0 Å². The van der Waals surface area contributed by atoms with Crippen LogP contribution in [0.1, 0.15) is 46.5 Å². The number of likely N-dealkylation sites (tertiary alicyclic amines) is 1. The summed E-state index contributed by atoms with van der Waals surface area (Å²) in [6.07, 6.45) is 5.06. The Morgan fingerprint density at radius 3 is 3.05 bits per heavy atom. The van der Waals surface area contributed by atoms with E-state index in [1.54, 1.807) is 6.20 Å². The first kappa shape index (κ1) is 14.0. The second kappa shape index (κ2) is 5.54. The molecule has 5 heteroatoms. The fourth-order valence-corrected chi connectivity index (χ4v) is 4.65. The molecule has 3 atom stereocenters. The van der Waals surface area contributed by atoms with Crippen LogP contribution in [0.4, 0.5) is 0 Å². The van der Waals surface area contributed by atoms with Crippen LogP contribution in [-0.2, 0) is 4.79 Å². The zero-order chi connectivity index (χ0) is 15.1. The molecule has 1 amide bonds. The van der Waals surface area contributed by atoms with Gasteiger partial charge in [0.15, 0.2) is 0 Å². The maximum Gasteiger partial charge on any atom is 0.226 e. The van der Waals surface area contributed by atoms with Crippen molar-refractivity contribution in [2.24, 2.45) is 5.92 Å². The summed E-state index contributed by atoms with van der Waals surface area (Å²) in [4.78, 5) is 17.6. The number of aryl methyl sites for hydroxylation is 1. The lowest BCUT2D eigenvalue weighted by atomic mass is 9.94. The molecule has 1 aliphatic heterocycles. The van der Waals surface area contributed by atoms with Crippen molar-refractivity contribution in [3.63, 3.8) is 0 Å². The van der Waals surface area contributed by atoms with Gasteiger partial charge in [-0.05, 0) is 44.4 Å². The Bertz CT molecular complexity index is 663. The molecule has 1 saturated carbocycles. The zero-order valence-corrected chi connectivity index (χ0v) is 13.6. The molecule has 0 bridgehead atoms. The first-order valence-corrected chi connectivity index (χ1v) is 8.88. The van der Waals surface area contributed by atoms with Gasteiger partial charge in [0.1, 0.15) is 0 Å². The number of nitrogens with one attached hydrogen (secondary N) is 1. The number of hydrogen-bond acceptors (Lipinski definition) is 3. The van der Waals surface area contributed by atoms with Gasteiger partial charge in [-0.15, -0.1) is 11.3 Å². The summed E-state index contributed by atoms with van der Waals surface area (Å²) in [5.74, 6) is 1.47. The van der Waals surface area contributed by atoms with E-state index in [-0.39, 0.29) is 5.92 Å². The number of aromatic nitrogens is 2. The van der Waals surface area contributed by atoms with Crippen molar-refractivity contribution in [2.75, 3.05) is 13.1 Å². The molecule has 2 fully saturated rings. The fourth-order valence-electron chi connectivity index (χ4n) is 3.59. The molecule has 4 rings (SSSR count). The number of carbonyl (C=O) groups is 1. The highest BCUT2D eigenvalue weighted by Gasteiger charge is 2.47. The Kier molecular flexibility index (Phi) is 3.53. The smallest absolute Gasteiger partial charge is 0.226 e. The number of carbonyl (C=O) groups excluding carboxylic acids is 1. The van der Waals surface area contributed by atoms with Crippen molar-refractivity contribution in [3.8, 4) is 0 Å². The standard InChI is InChI=1S/C17H21N3OS/c1-11-4-5-16(22-11)13-9-14(13)17(21)20-8-2-3-12(10-20)15-6-7-18-19-15/h4-7,12-14H,2-3,8-10H2,1H3,(H,18,19)/t12-,13+,14-/m0/s1. The maximum absolute atomic E-state index is 12.8. The van der Waals surface area contributed by atoms with E-state index in [0.717, 1.165) is 32.4 Å². The van der Waals surface area contributed by atoms with Crippen molar-refractivity contribution in [1.82, 2.24) is 15.1 Å². The molecule has 116 valence electrons. The van der Waals surface area contributed by atoms with Crippen LogP contribution in [0.25, 0.3) is 0 Å². The summed E-state index contributed by atoms with van der Waals surface area (Å²) in [6.45, 7) is 3.89.